The number of carbonyl (C=O) groups excluding carboxylic acids is 6. The highest BCUT2D eigenvalue weighted by atomic mass is 19.2. The van der Waals surface area contributed by atoms with Gasteiger partial charge in [0.25, 0.3) is 0 Å². The monoisotopic (exact) mass is 1070 g/mol. The van der Waals surface area contributed by atoms with Gasteiger partial charge in [0.1, 0.15) is 23.0 Å². The Labute approximate surface area is 448 Å². The molecule has 0 radical (unpaired) electrons. The number of hydrogen-bond donors (Lipinski definition) is 0. The second kappa shape index (κ2) is 27.2. The van der Waals surface area contributed by atoms with Gasteiger partial charge in [-0.3, -0.25) is 0 Å². The summed E-state index contributed by atoms with van der Waals surface area (Å²) in [4.78, 5) is 69.1. The van der Waals surface area contributed by atoms with Crippen molar-refractivity contribution in [1.82, 2.24) is 0 Å². The first-order valence-electron chi connectivity index (χ1n) is 23.2. The van der Waals surface area contributed by atoms with E-state index in [0.717, 1.165) is 45.5 Å². The van der Waals surface area contributed by atoms with Gasteiger partial charge in [0.05, 0.1) is 0 Å². The van der Waals surface area contributed by atoms with Crippen LogP contribution in [0.4, 0.5) is 17.6 Å². The van der Waals surface area contributed by atoms with Gasteiger partial charge in [0, 0.05) is 39.0 Å². The summed E-state index contributed by atoms with van der Waals surface area (Å²) < 4.78 is 86.8. The van der Waals surface area contributed by atoms with E-state index in [4.69, 9.17) is 18.9 Å². The van der Waals surface area contributed by atoms with Crippen LogP contribution in [0.5, 0.6) is 34.5 Å². The Morgan fingerprint density at radius 3 is 0.962 bits per heavy atom. The highest BCUT2D eigenvalue weighted by Crippen LogP contribution is 2.35. The molecule has 6 aromatic carbocycles. The van der Waals surface area contributed by atoms with Gasteiger partial charge in [-0.1, -0.05) is 75.9 Å². The smallest absolute Gasteiger partial charge is 0.338 e. The quantitative estimate of drug-likeness (QED) is 0.0415. The van der Waals surface area contributed by atoms with Crippen LogP contribution in [-0.4, -0.2) is 35.8 Å². The summed E-state index contributed by atoms with van der Waals surface area (Å²) in [5.74, 6) is -9.27. The highest BCUT2D eigenvalue weighted by Gasteiger charge is 2.23. The molecule has 78 heavy (non-hydrogen) atoms. The largest absolute Gasteiger partial charge is 0.423 e. The Balaban J connectivity index is 0.000000253. The number of benzene rings is 6. The topological polar surface area (TPSA) is 158 Å². The highest BCUT2D eigenvalue weighted by molar-refractivity contribution is 5.92. The average molecular weight is 1070 g/mol. The van der Waals surface area contributed by atoms with E-state index in [0.29, 0.717) is 57.4 Å². The Bertz CT molecular complexity index is 3260. The third kappa shape index (κ3) is 16.9. The molecule has 16 heteroatoms. The molecule has 0 atom stereocenters. The zero-order chi connectivity index (χ0) is 58.3. The molecule has 0 aromatic heterocycles. The maximum absolute atomic E-state index is 14.3. The lowest BCUT2D eigenvalue weighted by molar-refractivity contribution is -0.131. The third-order valence-electron chi connectivity index (χ3n) is 10.4. The molecule has 0 unspecified atom stereocenters. The molecule has 0 bridgehead atoms. The van der Waals surface area contributed by atoms with Crippen molar-refractivity contribution in [2.45, 2.75) is 55.4 Å². The Hall–Kier alpha value is -9.70. The predicted octanol–water partition coefficient (Wildman–Crippen LogP) is 14.1. The van der Waals surface area contributed by atoms with Crippen LogP contribution in [0, 0.1) is 37.1 Å². The van der Waals surface area contributed by atoms with Gasteiger partial charge < -0.3 is 28.4 Å². The minimum atomic E-state index is -1.52. The van der Waals surface area contributed by atoms with Crippen LogP contribution >= 0.6 is 0 Å². The number of hydrogen-bond acceptors (Lipinski definition) is 12. The SMILES string of the molecule is C=C(C)C(=O)Oc1ccc(-c2cc(F)c(OC(=O)C(=C)C)c(F)c2)c(F)c1F.C=C(C)C(=O)Oc1ccc(-c2ccc(OC(=O)C(=C)C)cc2)cc1.C=C(C)C(=O)Oc1ccc(-c2ccc(OC(=O)C(=C)C)cc2C)c(C)c1. The summed E-state index contributed by atoms with van der Waals surface area (Å²) in [7, 11) is 0. The lowest BCUT2D eigenvalue weighted by Gasteiger charge is -2.13. The molecule has 402 valence electrons. The van der Waals surface area contributed by atoms with Crippen molar-refractivity contribution in [2.24, 2.45) is 0 Å². The first kappa shape index (κ1) is 60.9. The second-order valence-corrected chi connectivity index (χ2v) is 17.5. The molecule has 0 heterocycles. The molecule has 0 aliphatic carbocycles. The standard InChI is InChI=1S/C22H22O4.C20H14F4O4.C20H18O4/c1-13(2)21(23)25-17-7-9-19(15(5)11-17)20-10-8-18(12-16(20)6)26-22(24)14(3)4;1-9(2)19(25)27-15-6-5-12(16(23)17(15)24)11-7-13(21)18(14(22)8-11)28-20(26)10(3)4;1-13(2)19(21)23-17-9-5-15(6-10-17)16-7-11-18(12-8-16)24-20(22)14(3)4/h7-12H,1,3H2,2,4-6H3;5-8H,1,3H2,2,4H3;5-12H,1,3H2,2,4H3. The predicted molar refractivity (Wildman–Crippen MR) is 288 cm³/mol. The van der Waals surface area contributed by atoms with Gasteiger partial charge in [-0.25, -0.2) is 41.9 Å². The lowest BCUT2D eigenvalue weighted by Crippen LogP contribution is -2.11. The summed E-state index contributed by atoms with van der Waals surface area (Å²) in [5, 5.41) is 0. The average Bonchev–Trinajstić information content (AvgIpc) is 3.37. The van der Waals surface area contributed by atoms with E-state index in [1.807, 2.05) is 62.4 Å². The summed E-state index contributed by atoms with van der Waals surface area (Å²) in [6.07, 6.45) is 0. The van der Waals surface area contributed by atoms with E-state index in [2.05, 4.69) is 48.9 Å². The molecule has 0 saturated heterocycles. The summed E-state index contributed by atoms with van der Waals surface area (Å²) in [6, 6.07) is 28.4. The van der Waals surface area contributed by atoms with E-state index in [9.17, 15) is 46.3 Å². The zero-order valence-corrected chi connectivity index (χ0v) is 44.0. The fraction of sp³-hybridized carbons (Fsp3) is 0.129. The zero-order valence-electron chi connectivity index (χ0n) is 44.0. The molecule has 0 spiro atoms. The minimum absolute atomic E-state index is 0.0343. The van der Waals surface area contributed by atoms with Gasteiger partial charge in [-0.05, 0) is 167 Å². The molecule has 6 aromatic rings. The van der Waals surface area contributed by atoms with Crippen LogP contribution in [0.25, 0.3) is 33.4 Å². The van der Waals surface area contributed by atoms with Crippen molar-refractivity contribution in [1.29, 1.82) is 0 Å². The number of rotatable bonds is 15. The van der Waals surface area contributed by atoms with Gasteiger partial charge in [0.15, 0.2) is 23.2 Å². The molecule has 0 amide bonds. The van der Waals surface area contributed by atoms with E-state index in [-0.39, 0.29) is 16.7 Å². The Morgan fingerprint density at radius 1 is 0.333 bits per heavy atom. The number of carbonyl (C=O) groups is 6. The molecule has 0 fully saturated rings. The van der Waals surface area contributed by atoms with Crippen LogP contribution in [0.3, 0.4) is 0 Å². The van der Waals surface area contributed by atoms with E-state index < -0.39 is 76.1 Å². The van der Waals surface area contributed by atoms with E-state index >= 15 is 0 Å². The van der Waals surface area contributed by atoms with Gasteiger partial charge in [-0.2, -0.15) is 4.39 Å². The van der Waals surface area contributed by atoms with E-state index in [1.165, 1.54) is 13.8 Å². The maximum Gasteiger partial charge on any atom is 0.338 e. The van der Waals surface area contributed by atoms with Crippen LogP contribution < -0.4 is 28.4 Å². The van der Waals surface area contributed by atoms with Gasteiger partial charge in [0.2, 0.25) is 11.6 Å². The minimum Gasteiger partial charge on any atom is -0.423 e. The summed E-state index contributed by atoms with van der Waals surface area (Å²) in [6.45, 7) is 33.7. The molecule has 0 aliphatic rings. The first-order chi connectivity index (χ1) is 36.6. The van der Waals surface area contributed by atoms with Crippen molar-refractivity contribution in [2.75, 3.05) is 0 Å². The Kier molecular flexibility index (Phi) is 21.2. The van der Waals surface area contributed by atoms with Crippen molar-refractivity contribution in [3.63, 3.8) is 0 Å². The van der Waals surface area contributed by atoms with Gasteiger partial charge in [-0.15, -0.1) is 0 Å². The van der Waals surface area contributed by atoms with Crippen molar-refractivity contribution < 1.29 is 74.8 Å². The summed E-state index contributed by atoms with van der Waals surface area (Å²) >= 11 is 0. The molecular weight excluding hydrogens is 1010 g/mol. The fourth-order valence-corrected chi connectivity index (χ4v) is 6.22. The molecule has 0 N–H and O–H groups in total. The third-order valence-corrected chi connectivity index (χ3v) is 10.4. The summed E-state index contributed by atoms with van der Waals surface area (Å²) in [5.41, 5.74) is 6.25. The van der Waals surface area contributed by atoms with Crippen LogP contribution in [0.15, 0.2) is 182 Å². The normalized spacial score (nSPS) is 10.2. The number of ether oxygens (including phenoxy) is 6. The number of esters is 6. The van der Waals surface area contributed by atoms with Gasteiger partial charge >= 0.3 is 35.8 Å². The molecular formula is C62H54F4O12. The fourth-order valence-electron chi connectivity index (χ4n) is 6.22. The maximum atomic E-state index is 14.3. The number of aryl methyl sites for hydroxylation is 2. The van der Waals surface area contributed by atoms with Crippen LogP contribution in [-0.2, 0) is 28.8 Å². The van der Waals surface area contributed by atoms with Crippen molar-refractivity contribution in [3.05, 3.63) is 217 Å². The lowest BCUT2D eigenvalue weighted by atomic mass is 9.96. The van der Waals surface area contributed by atoms with Crippen LogP contribution in [0.2, 0.25) is 0 Å². The van der Waals surface area contributed by atoms with Crippen LogP contribution in [0.1, 0.15) is 52.7 Å². The molecule has 6 rings (SSSR count). The second-order valence-electron chi connectivity index (χ2n) is 17.5. The van der Waals surface area contributed by atoms with Crippen molar-refractivity contribution >= 4 is 35.8 Å². The molecule has 12 nitrogen and oxygen atoms in total. The molecule has 0 saturated carbocycles. The number of halogens is 4. The van der Waals surface area contributed by atoms with Crippen molar-refractivity contribution in [3.8, 4) is 67.9 Å². The molecule has 0 aliphatic heterocycles. The Morgan fingerprint density at radius 2 is 0.628 bits per heavy atom. The van der Waals surface area contributed by atoms with E-state index in [1.54, 1.807) is 64.1 Å². The first-order valence-corrected chi connectivity index (χ1v) is 23.2.